The van der Waals surface area contributed by atoms with Gasteiger partial charge in [-0.3, -0.25) is 0 Å². The number of aliphatic hydroxyl groups excluding tert-OH is 1. The number of hydrogen-bond donors (Lipinski definition) is 1. The first-order valence-corrected chi connectivity index (χ1v) is 10.0. The van der Waals surface area contributed by atoms with Crippen molar-refractivity contribution in [2.45, 2.75) is 19.8 Å². The number of hydrogen-bond acceptors (Lipinski definition) is 7. The molecule has 0 saturated heterocycles. The van der Waals surface area contributed by atoms with Gasteiger partial charge in [-0.1, -0.05) is 30.3 Å². The van der Waals surface area contributed by atoms with E-state index in [0.717, 1.165) is 11.1 Å². The third-order valence-electron chi connectivity index (χ3n) is 4.83. The summed E-state index contributed by atoms with van der Waals surface area (Å²) >= 11 is 0. The highest BCUT2D eigenvalue weighted by Gasteiger charge is 2.18. The molecule has 0 spiro atoms. The monoisotopic (exact) mass is 440 g/mol. The van der Waals surface area contributed by atoms with Crippen molar-refractivity contribution in [1.82, 2.24) is 0 Å². The minimum atomic E-state index is -0.133. The molecule has 7 heteroatoms. The first kappa shape index (κ1) is 23.1. The van der Waals surface area contributed by atoms with E-state index in [4.69, 9.17) is 28.4 Å². The van der Waals surface area contributed by atoms with Gasteiger partial charge in [0.05, 0.1) is 35.0 Å². The highest BCUT2D eigenvalue weighted by molar-refractivity contribution is 5.55. The third-order valence-corrected chi connectivity index (χ3v) is 4.83. The molecule has 0 aliphatic heterocycles. The van der Waals surface area contributed by atoms with Gasteiger partial charge in [0.15, 0.2) is 23.0 Å². The molecule has 0 aromatic heterocycles. The second-order valence-electron chi connectivity index (χ2n) is 6.88. The highest BCUT2D eigenvalue weighted by Crippen LogP contribution is 2.41. The SMILES string of the molecule is COc1cc(CO)cc(OC)c1OCc1cc(OC)c(OCc2ccccc2)c(OC)c1. The van der Waals surface area contributed by atoms with Gasteiger partial charge in [-0.05, 0) is 41.0 Å². The zero-order valence-electron chi connectivity index (χ0n) is 18.7. The Balaban J connectivity index is 1.83. The Kier molecular flexibility index (Phi) is 8.05. The Labute approximate surface area is 188 Å². The molecule has 3 aromatic carbocycles. The zero-order valence-corrected chi connectivity index (χ0v) is 18.7. The maximum atomic E-state index is 9.44. The molecule has 1 N–H and O–H groups in total. The largest absolute Gasteiger partial charge is 0.493 e. The van der Waals surface area contributed by atoms with Crippen LogP contribution in [0.15, 0.2) is 54.6 Å². The lowest BCUT2D eigenvalue weighted by Crippen LogP contribution is -2.04. The summed E-state index contributed by atoms with van der Waals surface area (Å²) in [7, 11) is 6.23. The van der Waals surface area contributed by atoms with Crippen LogP contribution in [0.25, 0.3) is 0 Å². The summed E-state index contributed by atoms with van der Waals surface area (Å²) < 4.78 is 34.0. The highest BCUT2D eigenvalue weighted by atomic mass is 16.5. The van der Waals surface area contributed by atoms with E-state index < -0.39 is 0 Å². The Hall–Kier alpha value is -3.58. The predicted octanol–water partition coefficient (Wildman–Crippen LogP) is 4.37. The van der Waals surface area contributed by atoms with Crippen LogP contribution < -0.4 is 28.4 Å². The fraction of sp³-hybridized carbons (Fsp3) is 0.280. The molecule has 0 aliphatic carbocycles. The van der Waals surface area contributed by atoms with Gasteiger partial charge < -0.3 is 33.5 Å². The molecule has 0 heterocycles. The summed E-state index contributed by atoms with van der Waals surface area (Å²) in [6, 6.07) is 17.0. The van der Waals surface area contributed by atoms with Crippen LogP contribution in [0.2, 0.25) is 0 Å². The minimum absolute atomic E-state index is 0.133. The van der Waals surface area contributed by atoms with Crippen molar-refractivity contribution in [2.24, 2.45) is 0 Å². The molecule has 0 fully saturated rings. The molecule has 3 rings (SSSR count). The molecule has 0 atom stereocenters. The van der Waals surface area contributed by atoms with E-state index in [0.29, 0.717) is 46.7 Å². The maximum Gasteiger partial charge on any atom is 0.203 e. The lowest BCUT2D eigenvalue weighted by atomic mass is 10.1. The minimum Gasteiger partial charge on any atom is -0.493 e. The van der Waals surface area contributed by atoms with Gasteiger partial charge in [-0.25, -0.2) is 0 Å². The third kappa shape index (κ3) is 5.36. The number of methoxy groups -OCH3 is 4. The van der Waals surface area contributed by atoms with Crippen LogP contribution in [0.3, 0.4) is 0 Å². The summed E-state index contributed by atoms with van der Waals surface area (Å²) in [6.07, 6.45) is 0. The van der Waals surface area contributed by atoms with E-state index >= 15 is 0 Å². The molecular formula is C25H28O7. The van der Waals surface area contributed by atoms with Crippen molar-refractivity contribution in [3.8, 4) is 34.5 Å². The molecule has 0 aliphatic rings. The summed E-state index contributed by atoms with van der Waals surface area (Å²) in [6.45, 7) is 0.456. The average Bonchev–Trinajstić information content (AvgIpc) is 2.85. The van der Waals surface area contributed by atoms with Crippen LogP contribution in [0.4, 0.5) is 0 Å². The van der Waals surface area contributed by atoms with Crippen molar-refractivity contribution in [3.05, 3.63) is 71.3 Å². The smallest absolute Gasteiger partial charge is 0.203 e. The molecule has 0 unspecified atom stereocenters. The summed E-state index contributed by atoms with van der Waals surface area (Å²) in [5, 5.41) is 9.44. The summed E-state index contributed by atoms with van der Waals surface area (Å²) in [5.41, 5.74) is 2.50. The van der Waals surface area contributed by atoms with Gasteiger partial charge in [0.25, 0.3) is 0 Å². The lowest BCUT2D eigenvalue weighted by molar-refractivity contribution is 0.254. The maximum absolute atomic E-state index is 9.44. The number of benzene rings is 3. The molecule has 0 bridgehead atoms. The first-order chi connectivity index (χ1) is 15.6. The second-order valence-corrected chi connectivity index (χ2v) is 6.88. The van der Waals surface area contributed by atoms with Gasteiger partial charge in [0.2, 0.25) is 11.5 Å². The number of aliphatic hydroxyl groups is 1. The molecule has 7 nitrogen and oxygen atoms in total. The molecule has 3 aromatic rings. The van der Waals surface area contributed by atoms with Crippen LogP contribution in [0.1, 0.15) is 16.7 Å². The zero-order chi connectivity index (χ0) is 22.9. The van der Waals surface area contributed by atoms with E-state index in [-0.39, 0.29) is 13.2 Å². The summed E-state index contributed by atoms with van der Waals surface area (Å²) in [5.74, 6) is 2.96. The van der Waals surface area contributed by atoms with Crippen molar-refractivity contribution >= 4 is 0 Å². The molecule has 0 amide bonds. The van der Waals surface area contributed by atoms with E-state index in [1.165, 1.54) is 14.2 Å². The van der Waals surface area contributed by atoms with E-state index in [1.807, 2.05) is 42.5 Å². The number of rotatable bonds is 11. The van der Waals surface area contributed by atoms with E-state index in [2.05, 4.69) is 0 Å². The Morgan fingerprint density at radius 2 is 0.969 bits per heavy atom. The molecule has 170 valence electrons. The fourth-order valence-electron chi connectivity index (χ4n) is 3.21. The van der Waals surface area contributed by atoms with Crippen LogP contribution in [-0.2, 0) is 19.8 Å². The van der Waals surface area contributed by atoms with Crippen molar-refractivity contribution < 1.29 is 33.5 Å². The van der Waals surface area contributed by atoms with Crippen molar-refractivity contribution in [1.29, 1.82) is 0 Å². The Morgan fingerprint density at radius 3 is 1.38 bits per heavy atom. The quantitative estimate of drug-likeness (QED) is 0.474. The molecule has 0 radical (unpaired) electrons. The van der Waals surface area contributed by atoms with Gasteiger partial charge in [-0.15, -0.1) is 0 Å². The van der Waals surface area contributed by atoms with Crippen LogP contribution in [0.5, 0.6) is 34.5 Å². The van der Waals surface area contributed by atoms with Gasteiger partial charge >= 0.3 is 0 Å². The van der Waals surface area contributed by atoms with Gasteiger partial charge in [-0.2, -0.15) is 0 Å². The summed E-state index contributed by atoms with van der Waals surface area (Å²) in [4.78, 5) is 0. The average molecular weight is 440 g/mol. The Bertz CT molecular complexity index is 968. The lowest BCUT2D eigenvalue weighted by Gasteiger charge is -2.18. The second kappa shape index (κ2) is 11.2. The Morgan fingerprint density at radius 1 is 0.562 bits per heavy atom. The fourth-order valence-corrected chi connectivity index (χ4v) is 3.21. The molecule has 0 saturated carbocycles. The van der Waals surface area contributed by atoms with Crippen molar-refractivity contribution in [2.75, 3.05) is 28.4 Å². The van der Waals surface area contributed by atoms with Crippen LogP contribution >= 0.6 is 0 Å². The standard InChI is InChI=1S/C25H28O7/c1-27-20-10-18(14-26)11-21(28-2)24(20)32-16-19-12-22(29-3)25(23(13-19)30-4)31-15-17-8-6-5-7-9-17/h5-13,26H,14-16H2,1-4H3. The molecular weight excluding hydrogens is 412 g/mol. The normalized spacial score (nSPS) is 10.4. The topological polar surface area (TPSA) is 75.6 Å². The van der Waals surface area contributed by atoms with Crippen LogP contribution in [0, 0.1) is 0 Å². The first-order valence-electron chi connectivity index (χ1n) is 10.0. The van der Waals surface area contributed by atoms with Gasteiger partial charge in [0.1, 0.15) is 13.2 Å². The van der Waals surface area contributed by atoms with Gasteiger partial charge in [0, 0.05) is 0 Å². The number of ether oxygens (including phenoxy) is 6. The predicted molar refractivity (Wildman–Crippen MR) is 120 cm³/mol. The molecule has 32 heavy (non-hydrogen) atoms. The van der Waals surface area contributed by atoms with Crippen molar-refractivity contribution in [3.63, 3.8) is 0 Å². The van der Waals surface area contributed by atoms with E-state index in [9.17, 15) is 5.11 Å². The van der Waals surface area contributed by atoms with Crippen LogP contribution in [-0.4, -0.2) is 33.5 Å². The van der Waals surface area contributed by atoms with E-state index in [1.54, 1.807) is 26.4 Å².